The second-order valence-corrected chi connectivity index (χ2v) is 5.87. The first-order valence-corrected chi connectivity index (χ1v) is 7.97. The van der Waals surface area contributed by atoms with E-state index in [0.29, 0.717) is 22.4 Å². The average Bonchev–Trinajstić information content (AvgIpc) is 2.56. The van der Waals surface area contributed by atoms with Crippen molar-refractivity contribution >= 4 is 12.2 Å². The fourth-order valence-corrected chi connectivity index (χ4v) is 2.56. The summed E-state index contributed by atoms with van der Waals surface area (Å²) in [4.78, 5) is 0. The van der Waals surface area contributed by atoms with Gasteiger partial charge >= 0.3 is 150 Å². The Morgan fingerprint density at radius 3 is 1.96 bits per heavy atom. The molecule has 0 bridgehead atoms. The van der Waals surface area contributed by atoms with Crippen LogP contribution in [0.5, 0.6) is 11.5 Å². The molecule has 0 atom stereocenters. The molecule has 4 nitrogen and oxygen atoms in total. The maximum atomic E-state index is 10.00. The molecular formula is C19H20CoN2O2. The molecule has 0 saturated carbocycles. The quantitative estimate of drug-likeness (QED) is 0.709. The Bertz CT molecular complexity index is 730. The molecule has 2 aromatic carbocycles. The van der Waals surface area contributed by atoms with Gasteiger partial charge in [-0.05, 0) is 0 Å². The molecule has 1 radical (unpaired) electrons. The predicted molar refractivity (Wildman–Crippen MR) is 92.7 cm³/mol. The number of hydrogen-bond acceptors (Lipinski definition) is 3. The third-order valence-corrected chi connectivity index (χ3v) is 3.90. The minimum atomic E-state index is -0.00175. The molecule has 4 N–H and O–H groups in total. The van der Waals surface area contributed by atoms with Crippen LogP contribution in [0, 0.1) is 13.8 Å². The van der Waals surface area contributed by atoms with E-state index in [-0.39, 0.29) is 18.0 Å². The van der Waals surface area contributed by atoms with Gasteiger partial charge in [0.1, 0.15) is 0 Å². The molecule has 0 fully saturated rings. The number of aryl methyl sites for hydroxylation is 2. The van der Waals surface area contributed by atoms with E-state index in [0.717, 1.165) is 11.1 Å². The van der Waals surface area contributed by atoms with Crippen LogP contribution in [0.1, 0.15) is 22.3 Å². The van der Waals surface area contributed by atoms with Crippen molar-refractivity contribution in [2.75, 3.05) is 6.54 Å². The van der Waals surface area contributed by atoms with Gasteiger partial charge in [0.25, 0.3) is 0 Å². The molecule has 0 unspecified atom stereocenters. The Morgan fingerprint density at radius 1 is 1.00 bits per heavy atom. The van der Waals surface area contributed by atoms with Crippen molar-refractivity contribution < 1.29 is 26.2 Å². The van der Waals surface area contributed by atoms with E-state index in [9.17, 15) is 10.2 Å². The summed E-state index contributed by atoms with van der Waals surface area (Å²) in [5.41, 5.74) is 12.3. The van der Waals surface area contributed by atoms with Crippen molar-refractivity contribution in [1.29, 1.82) is 0 Å². The van der Waals surface area contributed by atoms with Crippen LogP contribution in [0.3, 0.4) is 0 Å². The molecule has 2 aromatic rings. The zero-order valence-corrected chi connectivity index (χ0v) is 14.6. The summed E-state index contributed by atoms with van der Waals surface area (Å²) in [6, 6.07) is 10.6. The van der Waals surface area contributed by atoms with Crippen LogP contribution in [0.2, 0.25) is 0 Å². The first-order chi connectivity index (χ1) is 11.4. The first-order valence-electron chi connectivity index (χ1n) is 7.45. The van der Waals surface area contributed by atoms with E-state index >= 15 is 0 Å². The number of hydrogen-bond donors (Lipinski definition) is 3. The fraction of sp³-hybridized carbons (Fsp3) is 0.158. The molecule has 127 valence electrons. The van der Waals surface area contributed by atoms with Gasteiger partial charge in [-0.3, -0.25) is 0 Å². The summed E-state index contributed by atoms with van der Waals surface area (Å²) in [5, 5.41) is 20.0. The van der Waals surface area contributed by atoms with E-state index in [1.54, 1.807) is 24.3 Å². The Hall–Kier alpha value is -2.21. The molecule has 0 spiro atoms. The third kappa shape index (κ3) is 4.41. The molecule has 5 heteroatoms. The van der Waals surface area contributed by atoms with Crippen LogP contribution in [0.25, 0.3) is 12.2 Å². The molecular weight excluding hydrogens is 347 g/mol. The van der Waals surface area contributed by atoms with Crippen LogP contribution in [0.15, 0.2) is 47.7 Å². The molecule has 0 aliphatic rings. The predicted octanol–water partition coefficient (Wildman–Crippen LogP) is 3.47. The molecule has 0 aliphatic heterocycles. The van der Waals surface area contributed by atoms with Crippen LogP contribution in [0.4, 0.5) is 0 Å². The van der Waals surface area contributed by atoms with Crippen molar-refractivity contribution in [2.24, 2.45) is 0 Å². The van der Waals surface area contributed by atoms with E-state index in [2.05, 4.69) is 20.3 Å². The van der Waals surface area contributed by atoms with Crippen LogP contribution < -0.4 is 10.1 Å². The van der Waals surface area contributed by atoms with Crippen molar-refractivity contribution in [3.63, 3.8) is 0 Å². The summed E-state index contributed by atoms with van der Waals surface area (Å²) in [6.45, 7) is 3.88. The topological polar surface area (TPSA) is 76.3 Å². The SMILES string of the molecule is Cc1ccc(O)c(C=C(C[NH])C(=Cc2cc(C)ccc2O)[NH][Co])c1. The normalized spacial score (nSPS) is 12.4. The van der Waals surface area contributed by atoms with Gasteiger partial charge in [0.15, 0.2) is 0 Å². The number of nitrogens with one attached hydrogen (secondary N) is 2. The first kappa shape index (κ1) is 18.1. The van der Waals surface area contributed by atoms with Gasteiger partial charge in [0.2, 0.25) is 0 Å². The van der Waals surface area contributed by atoms with Crippen molar-refractivity contribution in [1.82, 2.24) is 10.1 Å². The summed E-state index contributed by atoms with van der Waals surface area (Å²) >= 11 is 4.18. The summed E-state index contributed by atoms with van der Waals surface area (Å²) in [6.07, 6.45) is 3.48. The Kier molecular flexibility index (Phi) is 6.08. The van der Waals surface area contributed by atoms with Crippen molar-refractivity contribution in [3.05, 3.63) is 69.9 Å². The molecule has 0 amide bonds. The molecule has 0 aliphatic carbocycles. The van der Waals surface area contributed by atoms with Crippen LogP contribution >= 0.6 is 0 Å². The average molecular weight is 367 g/mol. The van der Waals surface area contributed by atoms with Gasteiger partial charge < -0.3 is 0 Å². The van der Waals surface area contributed by atoms with Gasteiger partial charge in [-0.2, -0.15) is 0 Å². The molecule has 0 heterocycles. The molecule has 0 aromatic heterocycles. The van der Waals surface area contributed by atoms with Gasteiger partial charge in [0.05, 0.1) is 0 Å². The van der Waals surface area contributed by atoms with Crippen molar-refractivity contribution in [3.8, 4) is 11.5 Å². The van der Waals surface area contributed by atoms with Gasteiger partial charge in [-0.1, -0.05) is 0 Å². The van der Waals surface area contributed by atoms with E-state index in [4.69, 9.17) is 5.73 Å². The van der Waals surface area contributed by atoms with Gasteiger partial charge in [-0.25, -0.2) is 0 Å². The number of phenolic OH excluding ortho intramolecular Hbond substituents is 2. The molecule has 0 saturated heterocycles. The monoisotopic (exact) mass is 367 g/mol. The van der Waals surface area contributed by atoms with Crippen molar-refractivity contribution in [2.45, 2.75) is 13.8 Å². The Labute approximate surface area is 150 Å². The summed E-state index contributed by atoms with van der Waals surface area (Å²) in [7, 11) is 0. The second kappa shape index (κ2) is 8.05. The van der Waals surface area contributed by atoms with Crippen LogP contribution in [-0.4, -0.2) is 16.8 Å². The maximum absolute atomic E-state index is 10.00. The van der Waals surface area contributed by atoms with E-state index < -0.39 is 0 Å². The fourth-order valence-electron chi connectivity index (χ4n) is 2.32. The number of rotatable bonds is 5. The van der Waals surface area contributed by atoms with Gasteiger partial charge in [-0.15, -0.1) is 0 Å². The zero-order valence-electron chi connectivity index (χ0n) is 13.6. The van der Waals surface area contributed by atoms with Gasteiger partial charge in [0, 0.05) is 0 Å². The Balaban J connectivity index is 2.49. The standard InChI is InChI=1S/C19H20N2O2.Co/c1-12-3-5-18(22)14(7-12)9-16(11-20)17(21)10-15-8-13(2)4-6-19(15)23;/h3-10,20-23H,11H2,1-2H3;/q-1;+1. The van der Waals surface area contributed by atoms with Crippen LogP contribution in [-0.2, 0) is 16.0 Å². The number of aromatic hydroxyl groups is 2. The summed E-state index contributed by atoms with van der Waals surface area (Å²) in [5.74, 6) is 0.312. The van der Waals surface area contributed by atoms with E-state index in [1.807, 2.05) is 38.1 Å². The zero-order chi connectivity index (χ0) is 17.7. The Morgan fingerprint density at radius 2 is 1.50 bits per heavy atom. The second-order valence-electron chi connectivity index (χ2n) is 5.61. The summed E-state index contributed by atoms with van der Waals surface area (Å²) < 4.78 is 2.77. The third-order valence-electron chi connectivity index (χ3n) is 3.62. The molecule has 24 heavy (non-hydrogen) atoms. The van der Waals surface area contributed by atoms with E-state index in [1.165, 1.54) is 0 Å². The number of phenols is 2. The molecule has 2 rings (SSSR count). The minimum absolute atomic E-state index is 0.00175. The number of benzene rings is 2.